The van der Waals surface area contributed by atoms with Crippen LogP contribution < -0.4 is 5.73 Å². The zero-order valence-corrected chi connectivity index (χ0v) is 9.06. The Kier molecular flexibility index (Phi) is 2.20. The molecule has 72 valence electrons. The first kappa shape index (κ1) is 9.14. The summed E-state index contributed by atoms with van der Waals surface area (Å²) in [6.45, 7) is 1.86. The lowest BCUT2D eigenvalue weighted by atomic mass is 10.4. The number of aryl methyl sites for hydroxylation is 1. The molecule has 0 aliphatic rings. The van der Waals surface area contributed by atoms with Crippen molar-refractivity contribution in [1.82, 2.24) is 19.7 Å². The van der Waals surface area contributed by atoms with Gasteiger partial charge in [-0.1, -0.05) is 0 Å². The maximum Gasteiger partial charge on any atom is 0.222 e. The molecule has 14 heavy (non-hydrogen) atoms. The van der Waals surface area contributed by atoms with Crippen LogP contribution in [0, 0.1) is 6.92 Å². The van der Waals surface area contributed by atoms with Gasteiger partial charge in [0, 0.05) is 18.0 Å². The maximum absolute atomic E-state index is 5.53. The van der Waals surface area contributed by atoms with Crippen molar-refractivity contribution < 1.29 is 0 Å². The molecule has 0 saturated heterocycles. The smallest absolute Gasteiger partial charge is 0.222 e. The van der Waals surface area contributed by atoms with Crippen molar-refractivity contribution in [2.24, 2.45) is 0 Å². The highest BCUT2D eigenvalue weighted by Crippen LogP contribution is 2.11. The van der Waals surface area contributed by atoms with Crippen LogP contribution >= 0.6 is 15.9 Å². The van der Waals surface area contributed by atoms with E-state index < -0.39 is 0 Å². The number of rotatable bonds is 1. The lowest BCUT2D eigenvalue weighted by molar-refractivity contribution is 0.838. The van der Waals surface area contributed by atoms with Crippen molar-refractivity contribution in [3.63, 3.8) is 0 Å². The maximum atomic E-state index is 5.53. The Labute approximate surface area is 89.1 Å². The summed E-state index contributed by atoms with van der Waals surface area (Å²) in [4.78, 5) is 8.04. The van der Waals surface area contributed by atoms with Gasteiger partial charge in [0.1, 0.15) is 0 Å². The molecule has 0 amide bonds. The van der Waals surface area contributed by atoms with Gasteiger partial charge in [-0.05, 0) is 22.9 Å². The summed E-state index contributed by atoms with van der Waals surface area (Å²) < 4.78 is 2.53. The molecule has 2 N–H and O–H groups in total. The number of aromatic nitrogens is 4. The van der Waals surface area contributed by atoms with Gasteiger partial charge in [-0.25, -0.2) is 9.67 Å². The molecule has 0 unspecified atom stereocenters. The predicted octanol–water partition coefficient (Wildman–Crippen LogP) is 1.32. The van der Waals surface area contributed by atoms with Gasteiger partial charge in [0.15, 0.2) is 5.82 Å². The minimum absolute atomic E-state index is 0.256. The topological polar surface area (TPSA) is 69.6 Å². The molecule has 0 aliphatic heterocycles. The quantitative estimate of drug-likeness (QED) is 0.833. The molecule has 0 aromatic carbocycles. The van der Waals surface area contributed by atoms with Crippen LogP contribution in [0.5, 0.6) is 0 Å². The van der Waals surface area contributed by atoms with Gasteiger partial charge in [-0.2, -0.15) is 10.1 Å². The van der Waals surface area contributed by atoms with Crippen LogP contribution in [0.15, 0.2) is 22.9 Å². The fraction of sp³-hybridized carbons (Fsp3) is 0.125. The summed E-state index contributed by atoms with van der Waals surface area (Å²) in [6, 6.07) is 1.82. The highest BCUT2D eigenvalue weighted by molar-refractivity contribution is 9.10. The molecular weight excluding hydrogens is 246 g/mol. The molecule has 0 saturated carbocycles. The molecule has 2 rings (SSSR count). The van der Waals surface area contributed by atoms with Crippen molar-refractivity contribution in [2.75, 3.05) is 5.73 Å². The average molecular weight is 254 g/mol. The minimum atomic E-state index is 0.256. The Morgan fingerprint density at radius 1 is 1.43 bits per heavy atom. The summed E-state index contributed by atoms with van der Waals surface area (Å²) >= 11 is 3.31. The molecular formula is C8H8BrN5. The van der Waals surface area contributed by atoms with Crippen molar-refractivity contribution in [3.8, 4) is 5.82 Å². The van der Waals surface area contributed by atoms with E-state index in [1.807, 2.05) is 13.0 Å². The predicted molar refractivity (Wildman–Crippen MR) is 56.0 cm³/mol. The summed E-state index contributed by atoms with van der Waals surface area (Å²) in [6.07, 6.45) is 3.49. The lowest BCUT2D eigenvalue weighted by Crippen LogP contribution is -2.04. The third-order valence-corrected chi connectivity index (χ3v) is 2.05. The second kappa shape index (κ2) is 3.38. The van der Waals surface area contributed by atoms with E-state index >= 15 is 0 Å². The lowest BCUT2D eigenvalue weighted by Gasteiger charge is -2.01. The second-order valence-corrected chi connectivity index (χ2v) is 3.74. The molecule has 6 heteroatoms. The molecule has 0 aliphatic carbocycles. The number of nitrogens with zero attached hydrogens (tertiary/aromatic N) is 4. The van der Waals surface area contributed by atoms with Crippen LogP contribution in [0.2, 0.25) is 0 Å². The van der Waals surface area contributed by atoms with Gasteiger partial charge < -0.3 is 5.73 Å². The zero-order chi connectivity index (χ0) is 10.1. The van der Waals surface area contributed by atoms with Crippen molar-refractivity contribution >= 4 is 21.9 Å². The van der Waals surface area contributed by atoms with Crippen LogP contribution in [0.1, 0.15) is 5.69 Å². The molecule has 0 atom stereocenters. The number of nitrogens with two attached hydrogens (primary N) is 1. The van der Waals surface area contributed by atoms with Gasteiger partial charge in [-0.15, -0.1) is 0 Å². The van der Waals surface area contributed by atoms with E-state index in [2.05, 4.69) is 31.0 Å². The normalized spacial score (nSPS) is 10.4. The van der Waals surface area contributed by atoms with E-state index in [0.717, 1.165) is 10.2 Å². The van der Waals surface area contributed by atoms with Gasteiger partial charge in [0.2, 0.25) is 5.95 Å². The van der Waals surface area contributed by atoms with Crippen molar-refractivity contribution in [3.05, 3.63) is 28.6 Å². The van der Waals surface area contributed by atoms with Crippen LogP contribution in [0.25, 0.3) is 5.82 Å². The van der Waals surface area contributed by atoms with E-state index in [1.165, 1.54) is 0 Å². The van der Waals surface area contributed by atoms with Crippen LogP contribution in [0.4, 0.5) is 5.95 Å². The summed E-state index contributed by atoms with van der Waals surface area (Å²) in [5.41, 5.74) is 6.35. The first-order valence-corrected chi connectivity index (χ1v) is 4.76. The number of nitrogen functional groups attached to an aromatic ring is 1. The largest absolute Gasteiger partial charge is 0.368 e. The van der Waals surface area contributed by atoms with Crippen LogP contribution in [-0.4, -0.2) is 19.7 Å². The van der Waals surface area contributed by atoms with Gasteiger partial charge in [0.25, 0.3) is 0 Å². The third kappa shape index (κ3) is 1.74. The second-order valence-electron chi connectivity index (χ2n) is 2.83. The van der Waals surface area contributed by atoms with Crippen molar-refractivity contribution in [2.45, 2.75) is 6.92 Å². The van der Waals surface area contributed by atoms with E-state index in [9.17, 15) is 0 Å². The molecule has 0 radical (unpaired) electrons. The Morgan fingerprint density at radius 2 is 2.21 bits per heavy atom. The number of hydrogen-bond donors (Lipinski definition) is 1. The molecule has 0 bridgehead atoms. The molecule has 2 heterocycles. The molecule has 5 nitrogen and oxygen atoms in total. The minimum Gasteiger partial charge on any atom is -0.368 e. The molecule has 2 aromatic rings. The highest BCUT2D eigenvalue weighted by atomic mass is 79.9. The van der Waals surface area contributed by atoms with E-state index in [1.54, 1.807) is 17.1 Å². The third-order valence-electron chi connectivity index (χ3n) is 1.64. The Hall–Kier alpha value is -1.43. The SMILES string of the molecule is Cc1cc(-n2cc(Br)cn2)nc(N)n1. The fourth-order valence-electron chi connectivity index (χ4n) is 1.12. The molecule has 0 fully saturated rings. The summed E-state index contributed by atoms with van der Waals surface area (Å²) in [5, 5.41) is 4.09. The number of hydrogen-bond acceptors (Lipinski definition) is 4. The van der Waals surface area contributed by atoms with Gasteiger partial charge in [0.05, 0.1) is 10.7 Å². The van der Waals surface area contributed by atoms with Crippen molar-refractivity contribution in [1.29, 1.82) is 0 Å². The van der Waals surface area contributed by atoms with E-state index in [-0.39, 0.29) is 5.95 Å². The standard InChI is InChI=1S/C8H8BrN5/c1-5-2-7(13-8(10)12-5)14-4-6(9)3-11-14/h2-4H,1H3,(H2,10,12,13). The Bertz CT molecular complexity index is 444. The van der Waals surface area contributed by atoms with Crippen LogP contribution in [0.3, 0.4) is 0 Å². The first-order chi connectivity index (χ1) is 6.65. The average Bonchev–Trinajstić information content (AvgIpc) is 2.50. The summed E-state index contributed by atoms with van der Waals surface area (Å²) in [5.74, 6) is 0.923. The van der Waals surface area contributed by atoms with Gasteiger partial charge in [-0.3, -0.25) is 0 Å². The number of anilines is 1. The Morgan fingerprint density at radius 3 is 2.79 bits per heavy atom. The van der Waals surface area contributed by atoms with E-state index in [0.29, 0.717) is 5.82 Å². The molecule has 0 spiro atoms. The fourth-order valence-corrected chi connectivity index (χ4v) is 1.40. The number of halogens is 1. The Balaban J connectivity index is 2.51. The van der Waals surface area contributed by atoms with Gasteiger partial charge >= 0.3 is 0 Å². The summed E-state index contributed by atoms with van der Waals surface area (Å²) in [7, 11) is 0. The monoisotopic (exact) mass is 253 g/mol. The van der Waals surface area contributed by atoms with Crippen LogP contribution in [-0.2, 0) is 0 Å². The highest BCUT2D eigenvalue weighted by Gasteiger charge is 2.02. The first-order valence-electron chi connectivity index (χ1n) is 3.97. The molecule has 2 aromatic heterocycles. The van der Waals surface area contributed by atoms with E-state index in [4.69, 9.17) is 5.73 Å². The zero-order valence-electron chi connectivity index (χ0n) is 7.48.